The third-order valence-electron chi connectivity index (χ3n) is 4.78. The average Bonchev–Trinajstić information content (AvgIpc) is 2.95. The summed E-state index contributed by atoms with van der Waals surface area (Å²) in [6.07, 6.45) is 0. The fraction of sp³-hybridized carbons (Fsp3) is 0.136. The van der Waals surface area contributed by atoms with E-state index in [9.17, 15) is 8.42 Å². The lowest BCUT2D eigenvalue weighted by molar-refractivity contribution is 0.592. The molecule has 4 rings (SSSR count). The summed E-state index contributed by atoms with van der Waals surface area (Å²) in [5.74, 6) is 0. The van der Waals surface area contributed by atoms with Crippen molar-refractivity contribution in [1.29, 1.82) is 0 Å². The molecule has 0 radical (unpaired) electrons. The van der Waals surface area contributed by atoms with Gasteiger partial charge in [0.15, 0.2) is 0 Å². The van der Waals surface area contributed by atoms with Crippen LogP contribution in [0.4, 0.5) is 0 Å². The van der Waals surface area contributed by atoms with Gasteiger partial charge in [-0.1, -0.05) is 60.2 Å². The molecule has 0 bridgehead atoms. The number of aryl methyl sites for hydroxylation is 2. The summed E-state index contributed by atoms with van der Waals surface area (Å²) in [7, 11) is -1.99. The van der Waals surface area contributed by atoms with Gasteiger partial charge in [-0.2, -0.15) is 8.42 Å². The zero-order valence-corrected chi connectivity index (χ0v) is 16.6. The average molecular weight is 391 g/mol. The van der Waals surface area contributed by atoms with Crippen LogP contribution in [0, 0.1) is 6.92 Å². The summed E-state index contributed by atoms with van der Waals surface area (Å²) in [4.78, 5) is 0.189. The molecule has 6 heteroatoms. The third-order valence-corrected chi connectivity index (χ3v) is 6.05. The number of hydrogen-bond acceptors (Lipinski definition) is 2. The summed E-state index contributed by atoms with van der Waals surface area (Å²) < 4.78 is 33.9. The smallest absolute Gasteiger partial charge is 0.285 e. The van der Waals surface area contributed by atoms with E-state index in [4.69, 9.17) is 0 Å². The van der Waals surface area contributed by atoms with E-state index in [1.54, 1.807) is 24.3 Å². The molecule has 0 saturated carbocycles. The van der Waals surface area contributed by atoms with Crippen LogP contribution in [0.3, 0.4) is 0 Å². The standard InChI is InChI=1S/C22H21N3O2S/c1-17-12-14-19(15-13-17)28(26,27)23-22-24(2)20-10-6-7-11-21(20)25(22)16-18-8-4-3-5-9-18/h3-15H,16H2,1-2H3/b23-22+. The van der Waals surface area contributed by atoms with E-state index in [0.29, 0.717) is 12.2 Å². The fourth-order valence-electron chi connectivity index (χ4n) is 3.28. The minimum atomic E-state index is -3.83. The second kappa shape index (κ2) is 7.13. The van der Waals surface area contributed by atoms with Gasteiger partial charge in [-0.05, 0) is 36.8 Å². The summed E-state index contributed by atoms with van der Waals surface area (Å²) in [6.45, 7) is 2.45. The van der Waals surface area contributed by atoms with Crippen LogP contribution in [0.1, 0.15) is 11.1 Å². The van der Waals surface area contributed by atoms with Gasteiger partial charge >= 0.3 is 0 Å². The predicted octanol–water partition coefficient (Wildman–Crippen LogP) is 3.63. The van der Waals surface area contributed by atoms with Crippen LogP contribution in [0.25, 0.3) is 11.0 Å². The van der Waals surface area contributed by atoms with E-state index in [2.05, 4.69) is 4.40 Å². The van der Waals surface area contributed by atoms with Crippen LogP contribution in [0.15, 0.2) is 88.2 Å². The number of imidazole rings is 1. The Morgan fingerprint density at radius 1 is 0.821 bits per heavy atom. The van der Waals surface area contributed by atoms with Crippen molar-refractivity contribution in [2.24, 2.45) is 11.4 Å². The topological polar surface area (TPSA) is 56.4 Å². The Labute approximate surface area is 164 Å². The van der Waals surface area contributed by atoms with Gasteiger partial charge in [0.1, 0.15) is 0 Å². The molecule has 0 spiro atoms. The van der Waals surface area contributed by atoms with Crippen LogP contribution in [-0.4, -0.2) is 17.6 Å². The zero-order valence-electron chi connectivity index (χ0n) is 15.8. The highest BCUT2D eigenvalue weighted by atomic mass is 32.2. The van der Waals surface area contributed by atoms with Crippen molar-refractivity contribution in [1.82, 2.24) is 9.13 Å². The number of aromatic nitrogens is 2. The van der Waals surface area contributed by atoms with Crippen molar-refractivity contribution in [3.05, 3.63) is 95.6 Å². The van der Waals surface area contributed by atoms with Gasteiger partial charge in [-0.25, -0.2) is 0 Å². The summed E-state index contributed by atoms with van der Waals surface area (Å²) in [5.41, 5.74) is 4.34. The molecule has 0 saturated heterocycles. The molecule has 1 heterocycles. The van der Waals surface area contributed by atoms with Gasteiger partial charge in [-0.15, -0.1) is 4.40 Å². The second-order valence-corrected chi connectivity index (χ2v) is 8.40. The molecular formula is C22H21N3O2S. The maximum absolute atomic E-state index is 13.0. The molecule has 5 nitrogen and oxygen atoms in total. The molecule has 0 unspecified atom stereocenters. The molecule has 0 aliphatic heterocycles. The van der Waals surface area contributed by atoms with Gasteiger partial charge in [0.05, 0.1) is 22.5 Å². The molecule has 142 valence electrons. The van der Waals surface area contributed by atoms with Crippen LogP contribution in [-0.2, 0) is 23.6 Å². The summed E-state index contributed by atoms with van der Waals surface area (Å²) >= 11 is 0. The first-order valence-electron chi connectivity index (χ1n) is 9.01. The first kappa shape index (κ1) is 18.3. The van der Waals surface area contributed by atoms with E-state index in [-0.39, 0.29) is 4.90 Å². The van der Waals surface area contributed by atoms with Crippen molar-refractivity contribution in [2.75, 3.05) is 0 Å². The highest BCUT2D eigenvalue weighted by Gasteiger charge is 2.16. The van der Waals surface area contributed by atoms with Crippen LogP contribution in [0.5, 0.6) is 0 Å². The van der Waals surface area contributed by atoms with Gasteiger partial charge in [0.25, 0.3) is 10.0 Å². The molecule has 0 N–H and O–H groups in total. The maximum Gasteiger partial charge on any atom is 0.285 e. The van der Waals surface area contributed by atoms with E-state index >= 15 is 0 Å². The molecule has 1 aromatic heterocycles. The summed E-state index contributed by atoms with van der Waals surface area (Å²) in [6, 6.07) is 24.5. The third kappa shape index (κ3) is 3.39. The number of rotatable bonds is 4. The Morgan fingerprint density at radius 3 is 2.11 bits per heavy atom. The van der Waals surface area contributed by atoms with Crippen molar-refractivity contribution < 1.29 is 8.42 Å². The number of fused-ring (bicyclic) bond motifs is 1. The van der Waals surface area contributed by atoms with Gasteiger partial charge in [0, 0.05) is 7.05 Å². The Balaban J connectivity index is 1.95. The molecule has 3 aromatic carbocycles. The lowest BCUT2D eigenvalue weighted by Gasteiger charge is -2.06. The zero-order chi connectivity index (χ0) is 19.7. The van der Waals surface area contributed by atoms with Crippen LogP contribution in [0.2, 0.25) is 0 Å². The molecule has 28 heavy (non-hydrogen) atoms. The van der Waals surface area contributed by atoms with E-state index in [1.807, 2.05) is 77.7 Å². The molecule has 0 fully saturated rings. The monoisotopic (exact) mass is 391 g/mol. The lowest BCUT2D eigenvalue weighted by atomic mass is 10.2. The SMILES string of the molecule is Cc1ccc(S(=O)(=O)/N=c2\n(C)c3ccccc3n2Cc2ccccc2)cc1. The van der Waals surface area contributed by atoms with E-state index < -0.39 is 10.0 Å². The quantitative estimate of drug-likeness (QED) is 0.533. The number of hydrogen-bond donors (Lipinski definition) is 0. The Hall–Kier alpha value is -3.12. The molecule has 0 aliphatic carbocycles. The molecule has 4 aromatic rings. The maximum atomic E-state index is 13.0. The second-order valence-electron chi connectivity index (χ2n) is 6.80. The fourth-order valence-corrected chi connectivity index (χ4v) is 4.30. The largest absolute Gasteiger partial charge is 0.312 e. The van der Waals surface area contributed by atoms with Gasteiger partial charge in [0.2, 0.25) is 5.62 Å². The van der Waals surface area contributed by atoms with E-state index in [1.165, 1.54) is 0 Å². The van der Waals surface area contributed by atoms with Crippen LogP contribution >= 0.6 is 0 Å². The Morgan fingerprint density at radius 2 is 1.43 bits per heavy atom. The molecule has 0 atom stereocenters. The Kier molecular flexibility index (Phi) is 4.65. The summed E-state index contributed by atoms with van der Waals surface area (Å²) in [5, 5.41) is 0. The van der Waals surface area contributed by atoms with Crippen molar-refractivity contribution in [3.63, 3.8) is 0 Å². The number of benzene rings is 3. The van der Waals surface area contributed by atoms with E-state index in [0.717, 1.165) is 22.2 Å². The molecule has 0 amide bonds. The predicted molar refractivity (Wildman–Crippen MR) is 110 cm³/mol. The van der Waals surface area contributed by atoms with Crippen molar-refractivity contribution in [3.8, 4) is 0 Å². The highest BCUT2D eigenvalue weighted by Crippen LogP contribution is 2.16. The van der Waals surface area contributed by atoms with Crippen LogP contribution < -0.4 is 5.62 Å². The van der Waals surface area contributed by atoms with Crippen molar-refractivity contribution >= 4 is 21.1 Å². The highest BCUT2D eigenvalue weighted by molar-refractivity contribution is 7.90. The van der Waals surface area contributed by atoms with Gasteiger partial charge in [-0.3, -0.25) is 0 Å². The van der Waals surface area contributed by atoms with Crippen molar-refractivity contribution in [2.45, 2.75) is 18.4 Å². The number of nitrogens with zero attached hydrogens (tertiary/aromatic N) is 3. The van der Waals surface area contributed by atoms with Gasteiger partial charge < -0.3 is 9.13 Å². The minimum absolute atomic E-state index is 0.189. The number of sulfonamides is 1. The first-order valence-corrected chi connectivity index (χ1v) is 10.5. The number of para-hydroxylation sites is 2. The minimum Gasteiger partial charge on any atom is -0.312 e. The molecular weight excluding hydrogens is 370 g/mol. The first-order chi connectivity index (χ1) is 13.5. The molecule has 0 aliphatic rings. The lowest BCUT2D eigenvalue weighted by Crippen LogP contribution is -2.26. The Bertz CT molecular complexity index is 1300. The normalized spacial score (nSPS) is 12.6.